The van der Waals surface area contributed by atoms with Crippen molar-refractivity contribution < 1.29 is 9.53 Å². The minimum atomic E-state index is 0. The van der Waals surface area contributed by atoms with E-state index >= 15 is 0 Å². The number of piperidine rings is 1. The van der Waals surface area contributed by atoms with Crippen molar-refractivity contribution in [2.45, 2.75) is 58.7 Å². The van der Waals surface area contributed by atoms with Crippen LogP contribution in [0.3, 0.4) is 0 Å². The zero-order valence-corrected chi connectivity index (χ0v) is 21.8. The zero-order valence-electron chi connectivity index (χ0n) is 19.5. The first-order chi connectivity index (χ1) is 14.4. The van der Waals surface area contributed by atoms with E-state index in [4.69, 9.17) is 4.74 Å². The van der Waals surface area contributed by atoms with E-state index in [2.05, 4.69) is 51.6 Å². The van der Waals surface area contributed by atoms with Crippen LogP contribution < -0.4 is 20.7 Å². The number of aromatic nitrogens is 1. The summed E-state index contributed by atoms with van der Waals surface area (Å²) in [5, 5.41) is 9.55. The van der Waals surface area contributed by atoms with Crippen molar-refractivity contribution in [1.29, 1.82) is 0 Å². The van der Waals surface area contributed by atoms with Crippen LogP contribution in [0.1, 0.15) is 45.6 Å². The van der Waals surface area contributed by atoms with Crippen LogP contribution in [0, 0.1) is 5.92 Å². The lowest BCUT2D eigenvalue weighted by Gasteiger charge is -2.32. The highest BCUT2D eigenvalue weighted by molar-refractivity contribution is 14.0. The highest BCUT2D eigenvalue weighted by Gasteiger charge is 2.21. The number of hydrogen-bond acceptors (Lipinski definition) is 5. The van der Waals surface area contributed by atoms with Gasteiger partial charge in [-0.05, 0) is 43.7 Å². The summed E-state index contributed by atoms with van der Waals surface area (Å²) < 4.78 is 5.95. The number of likely N-dealkylation sites (tertiary alicyclic amines) is 1. The van der Waals surface area contributed by atoms with E-state index in [0.717, 1.165) is 43.9 Å². The molecule has 8 nitrogen and oxygen atoms in total. The molecule has 2 rings (SSSR count). The van der Waals surface area contributed by atoms with Gasteiger partial charge in [0.25, 0.3) is 0 Å². The summed E-state index contributed by atoms with van der Waals surface area (Å²) in [6.45, 7) is 9.39. The maximum Gasteiger partial charge on any atom is 0.233 e. The summed E-state index contributed by atoms with van der Waals surface area (Å²) in [4.78, 5) is 22.4. The van der Waals surface area contributed by atoms with Crippen LogP contribution in [-0.2, 0) is 11.3 Å². The molecule has 0 bridgehead atoms. The van der Waals surface area contributed by atoms with Crippen molar-refractivity contribution in [3.63, 3.8) is 0 Å². The molecule has 0 aliphatic carbocycles. The second kappa shape index (κ2) is 14.4. The van der Waals surface area contributed by atoms with Gasteiger partial charge in [-0.1, -0.05) is 13.8 Å². The molecule has 1 aliphatic heterocycles. The molecule has 1 unspecified atom stereocenters. The molecule has 1 atom stereocenters. The summed E-state index contributed by atoms with van der Waals surface area (Å²) >= 11 is 0. The molecule has 0 radical (unpaired) electrons. The van der Waals surface area contributed by atoms with Gasteiger partial charge < -0.3 is 20.7 Å². The second-order valence-corrected chi connectivity index (χ2v) is 8.35. The minimum Gasteiger partial charge on any atom is -0.475 e. The predicted octanol–water partition coefficient (Wildman–Crippen LogP) is 2.39. The van der Waals surface area contributed by atoms with Gasteiger partial charge in [0.1, 0.15) is 0 Å². The molecule has 3 N–H and O–H groups in total. The molecule has 176 valence electrons. The number of pyridine rings is 1. The number of ether oxygens (including phenoxy) is 1. The van der Waals surface area contributed by atoms with Gasteiger partial charge in [0.05, 0.1) is 12.6 Å². The van der Waals surface area contributed by atoms with E-state index in [1.807, 2.05) is 12.1 Å². The van der Waals surface area contributed by atoms with Crippen LogP contribution in [0.4, 0.5) is 0 Å². The summed E-state index contributed by atoms with van der Waals surface area (Å²) in [5.41, 5.74) is 1.10. The fourth-order valence-corrected chi connectivity index (χ4v) is 3.63. The minimum absolute atomic E-state index is 0. The number of hydrogen-bond donors (Lipinski definition) is 3. The molecule has 1 aliphatic rings. The number of aliphatic imine (C=N–C) groups is 1. The number of rotatable bonds is 9. The van der Waals surface area contributed by atoms with Gasteiger partial charge in [0.2, 0.25) is 11.8 Å². The maximum atomic E-state index is 11.5. The van der Waals surface area contributed by atoms with Gasteiger partial charge in [-0.15, -0.1) is 24.0 Å². The molecule has 2 heterocycles. The van der Waals surface area contributed by atoms with Crippen molar-refractivity contribution in [3.05, 3.63) is 23.9 Å². The first kappa shape index (κ1) is 27.4. The number of guanidine groups is 1. The molecule has 1 fully saturated rings. The monoisotopic (exact) mass is 546 g/mol. The lowest BCUT2D eigenvalue weighted by atomic mass is 10.1. The first-order valence-electron chi connectivity index (χ1n) is 10.9. The predicted molar refractivity (Wildman–Crippen MR) is 136 cm³/mol. The Bertz CT molecular complexity index is 692. The Labute approximate surface area is 204 Å². The molecule has 31 heavy (non-hydrogen) atoms. The fraction of sp³-hybridized carbons (Fsp3) is 0.682. The number of nitrogens with zero attached hydrogens (tertiary/aromatic N) is 3. The molecule has 1 amide bonds. The molecular weight excluding hydrogens is 507 g/mol. The summed E-state index contributed by atoms with van der Waals surface area (Å²) in [6, 6.07) is 4.32. The van der Waals surface area contributed by atoms with Gasteiger partial charge >= 0.3 is 0 Å². The Hall–Kier alpha value is -1.62. The van der Waals surface area contributed by atoms with E-state index in [0.29, 0.717) is 30.9 Å². The molecule has 0 aromatic carbocycles. The van der Waals surface area contributed by atoms with E-state index in [9.17, 15) is 4.79 Å². The van der Waals surface area contributed by atoms with Crippen LogP contribution in [0.15, 0.2) is 23.3 Å². The van der Waals surface area contributed by atoms with Gasteiger partial charge in [0.15, 0.2) is 5.96 Å². The third kappa shape index (κ3) is 10.5. The highest BCUT2D eigenvalue weighted by atomic mass is 127. The quantitative estimate of drug-likeness (QED) is 0.251. The van der Waals surface area contributed by atoms with Crippen molar-refractivity contribution in [3.8, 4) is 5.88 Å². The van der Waals surface area contributed by atoms with Crippen LogP contribution in [0.2, 0.25) is 0 Å². The molecule has 1 aromatic rings. The van der Waals surface area contributed by atoms with E-state index in [1.54, 1.807) is 20.3 Å². The lowest BCUT2D eigenvalue weighted by molar-refractivity contribution is -0.122. The molecule has 0 saturated carbocycles. The SMILES string of the molecule is CN=C(NCc1ccnc(OC(C)CC(C)C)c1)NC1CCN(CC(=O)NC)CC1.I. The van der Waals surface area contributed by atoms with Crippen molar-refractivity contribution in [2.75, 3.05) is 33.7 Å². The number of carbonyl (C=O) groups is 1. The standard InChI is InChI=1S/C22H38N6O2.HI/c1-16(2)12-17(3)30-21-13-18(6-9-25-21)14-26-22(24-5)27-19-7-10-28(11-8-19)15-20(29)23-4;/h6,9,13,16-17,19H,7-8,10-12,14-15H2,1-5H3,(H,23,29)(H2,24,26,27);1H. The topological polar surface area (TPSA) is 90.9 Å². The Kier molecular flexibility index (Phi) is 12.8. The molecule has 1 aromatic heterocycles. The van der Waals surface area contributed by atoms with Crippen molar-refractivity contribution >= 4 is 35.8 Å². The molecule has 9 heteroatoms. The zero-order chi connectivity index (χ0) is 21.9. The molecular formula is C22H39IN6O2. The van der Waals surface area contributed by atoms with Gasteiger partial charge in [0, 0.05) is 52.0 Å². The first-order valence-corrected chi connectivity index (χ1v) is 10.9. The van der Waals surface area contributed by atoms with E-state index in [1.165, 1.54) is 0 Å². The lowest BCUT2D eigenvalue weighted by Crippen LogP contribution is -2.49. The van der Waals surface area contributed by atoms with Crippen molar-refractivity contribution in [1.82, 2.24) is 25.8 Å². The number of likely N-dealkylation sites (N-methyl/N-ethyl adjacent to an activating group) is 1. The molecule has 1 saturated heterocycles. The largest absolute Gasteiger partial charge is 0.475 e. The van der Waals surface area contributed by atoms with E-state index < -0.39 is 0 Å². The number of carbonyl (C=O) groups excluding carboxylic acids is 1. The molecule has 0 spiro atoms. The number of nitrogens with one attached hydrogen (secondary N) is 3. The summed E-state index contributed by atoms with van der Waals surface area (Å²) in [7, 11) is 3.46. The third-order valence-corrected chi connectivity index (χ3v) is 5.18. The summed E-state index contributed by atoms with van der Waals surface area (Å²) in [6.07, 6.45) is 4.90. The van der Waals surface area contributed by atoms with E-state index in [-0.39, 0.29) is 36.0 Å². The third-order valence-electron chi connectivity index (χ3n) is 5.18. The van der Waals surface area contributed by atoms with Gasteiger partial charge in [-0.3, -0.25) is 14.7 Å². The van der Waals surface area contributed by atoms with Crippen molar-refractivity contribution in [2.24, 2.45) is 10.9 Å². The highest BCUT2D eigenvalue weighted by Crippen LogP contribution is 2.15. The normalized spacial score (nSPS) is 16.4. The van der Waals surface area contributed by atoms with Crippen LogP contribution in [0.5, 0.6) is 5.88 Å². The fourth-order valence-electron chi connectivity index (χ4n) is 3.63. The Morgan fingerprint density at radius 2 is 2.03 bits per heavy atom. The van der Waals surface area contributed by atoms with Gasteiger partial charge in [-0.25, -0.2) is 4.98 Å². The average Bonchev–Trinajstić information content (AvgIpc) is 2.71. The van der Waals surface area contributed by atoms with Crippen LogP contribution in [-0.4, -0.2) is 67.6 Å². The van der Waals surface area contributed by atoms with Crippen LogP contribution in [0.25, 0.3) is 0 Å². The summed E-state index contributed by atoms with van der Waals surface area (Å²) in [5.74, 6) is 2.11. The Balaban J connectivity index is 0.00000480. The Morgan fingerprint density at radius 3 is 2.65 bits per heavy atom. The maximum absolute atomic E-state index is 11.5. The number of halogens is 1. The average molecular weight is 546 g/mol. The van der Waals surface area contributed by atoms with Crippen LogP contribution >= 0.6 is 24.0 Å². The Morgan fingerprint density at radius 1 is 1.32 bits per heavy atom. The second-order valence-electron chi connectivity index (χ2n) is 8.35. The number of amides is 1. The smallest absolute Gasteiger partial charge is 0.233 e. The van der Waals surface area contributed by atoms with Gasteiger partial charge in [-0.2, -0.15) is 0 Å².